The van der Waals surface area contributed by atoms with Gasteiger partial charge in [0, 0.05) is 39.9 Å². The summed E-state index contributed by atoms with van der Waals surface area (Å²) < 4.78 is 12.3. The van der Waals surface area contributed by atoms with Gasteiger partial charge in [-0.05, 0) is 51.9 Å². The van der Waals surface area contributed by atoms with Crippen LogP contribution in [0.15, 0.2) is 0 Å². The van der Waals surface area contributed by atoms with Crippen LogP contribution >= 0.6 is 0 Å². The van der Waals surface area contributed by atoms with E-state index in [1.54, 1.807) is 0 Å². The van der Waals surface area contributed by atoms with Gasteiger partial charge in [0.1, 0.15) is 6.04 Å². The molecule has 0 bridgehead atoms. The third kappa shape index (κ3) is 8.20. The first kappa shape index (κ1) is 26.9. The second kappa shape index (κ2) is 11.0. The summed E-state index contributed by atoms with van der Waals surface area (Å²) in [5, 5.41) is 5.96. The van der Waals surface area contributed by atoms with Crippen molar-refractivity contribution in [3.05, 3.63) is 0 Å². The van der Waals surface area contributed by atoms with Crippen LogP contribution in [0.25, 0.3) is 0 Å². The van der Waals surface area contributed by atoms with E-state index in [1.807, 2.05) is 46.4 Å². The minimum absolute atomic E-state index is 0.0159. The predicted octanol–water partition coefficient (Wildman–Crippen LogP) is 4.06. The highest BCUT2D eigenvalue weighted by molar-refractivity contribution is 7.86. The molecule has 1 fully saturated rings. The van der Waals surface area contributed by atoms with Crippen molar-refractivity contribution < 1.29 is 13.8 Å². The van der Waals surface area contributed by atoms with E-state index in [9.17, 15) is 13.8 Å². The molecule has 3 amide bonds. The number of rotatable bonds is 8. The molecule has 1 aliphatic heterocycles. The lowest BCUT2D eigenvalue weighted by atomic mass is 9.85. The average molecular weight is 444 g/mol. The Balaban J connectivity index is 2.88. The fraction of sp³-hybridized carbons (Fsp3) is 0.913. The Hall–Kier alpha value is -1.11. The van der Waals surface area contributed by atoms with Crippen molar-refractivity contribution >= 4 is 22.7 Å². The smallest absolute Gasteiger partial charge is 0.315 e. The first-order chi connectivity index (χ1) is 13.7. The maximum atomic E-state index is 13.3. The fourth-order valence-corrected chi connectivity index (χ4v) is 4.98. The predicted molar refractivity (Wildman–Crippen MR) is 126 cm³/mol. The molecule has 176 valence electrons. The molecule has 2 N–H and O–H groups in total. The summed E-state index contributed by atoms with van der Waals surface area (Å²) in [4.78, 5) is 28.1. The van der Waals surface area contributed by atoms with Gasteiger partial charge in [0.05, 0.1) is 0 Å². The summed E-state index contributed by atoms with van der Waals surface area (Å²) in [7, 11) is -1.05. The van der Waals surface area contributed by atoms with Crippen LogP contribution in [0.3, 0.4) is 0 Å². The van der Waals surface area contributed by atoms with Gasteiger partial charge in [0.15, 0.2) is 0 Å². The molecule has 1 heterocycles. The molecular weight excluding hydrogens is 398 g/mol. The summed E-state index contributed by atoms with van der Waals surface area (Å²) in [6.07, 6.45) is 3.74. The summed E-state index contributed by atoms with van der Waals surface area (Å²) in [5.41, 5.74) is -0.410. The number of nitrogens with one attached hydrogen (secondary N) is 2. The minimum Gasteiger partial charge on any atom is -0.338 e. The van der Waals surface area contributed by atoms with E-state index < -0.39 is 22.3 Å². The van der Waals surface area contributed by atoms with Gasteiger partial charge >= 0.3 is 6.03 Å². The van der Waals surface area contributed by atoms with E-state index in [0.717, 1.165) is 32.2 Å². The first-order valence-electron chi connectivity index (χ1n) is 11.4. The molecule has 1 rings (SSSR count). The zero-order valence-electron chi connectivity index (χ0n) is 20.6. The van der Waals surface area contributed by atoms with Gasteiger partial charge in [-0.25, -0.2) is 4.79 Å². The number of unbranched alkanes of at least 4 members (excludes halogenated alkanes) is 1. The van der Waals surface area contributed by atoms with E-state index in [-0.39, 0.29) is 28.8 Å². The first-order valence-corrected chi connectivity index (χ1v) is 12.7. The van der Waals surface area contributed by atoms with Crippen LogP contribution in [0.4, 0.5) is 4.79 Å². The Bertz CT molecular complexity index is 610. The van der Waals surface area contributed by atoms with E-state index in [0.29, 0.717) is 11.7 Å². The van der Waals surface area contributed by atoms with Crippen LogP contribution in [-0.2, 0) is 15.6 Å². The van der Waals surface area contributed by atoms with E-state index >= 15 is 0 Å². The van der Waals surface area contributed by atoms with Crippen molar-refractivity contribution in [2.75, 3.05) is 12.3 Å². The molecule has 5 unspecified atom stereocenters. The quantitative estimate of drug-likeness (QED) is 0.594. The van der Waals surface area contributed by atoms with Crippen molar-refractivity contribution in [2.24, 2.45) is 11.3 Å². The van der Waals surface area contributed by atoms with Gasteiger partial charge in [-0.1, -0.05) is 47.5 Å². The SMILES string of the molecule is CCCCC(CS(=O)C(C)(C)C)NC(=O)NC(C(=O)N1CC(C)CC1C)C(C)(C)C. The minimum atomic E-state index is -1.05. The molecule has 0 spiro atoms. The molecule has 0 saturated carbocycles. The van der Waals surface area contributed by atoms with E-state index in [4.69, 9.17) is 0 Å². The number of carbonyl (C=O) groups excluding carboxylic acids is 2. The number of hydrogen-bond acceptors (Lipinski definition) is 3. The van der Waals surface area contributed by atoms with Crippen LogP contribution in [0.2, 0.25) is 0 Å². The van der Waals surface area contributed by atoms with Gasteiger partial charge in [-0.3, -0.25) is 9.00 Å². The molecule has 0 radical (unpaired) electrons. The Labute approximate surface area is 186 Å². The summed E-state index contributed by atoms with van der Waals surface area (Å²) in [5.74, 6) is 0.883. The molecule has 5 atom stereocenters. The number of likely N-dealkylation sites (tertiary alicyclic amines) is 1. The van der Waals surface area contributed by atoms with Gasteiger partial charge < -0.3 is 15.5 Å². The Kier molecular flexibility index (Phi) is 9.84. The third-order valence-corrected chi connectivity index (χ3v) is 7.80. The Morgan fingerprint density at radius 2 is 1.70 bits per heavy atom. The molecule has 30 heavy (non-hydrogen) atoms. The van der Waals surface area contributed by atoms with Crippen LogP contribution in [0.5, 0.6) is 0 Å². The molecule has 1 saturated heterocycles. The number of carbonyl (C=O) groups is 2. The van der Waals surface area contributed by atoms with Crippen molar-refractivity contribution in [1.29, 1.82) is 0 Å². The lowest BCUT2D eigenvalue weighted by Gasteiger charge is -2.35. The highest BCUT2D eigenvalue weighted by atomic mass is 32.2. The summed E-state index contributed by atoms with van der Waals surface area (Å²) >= 11 is 0. The summed E-state index contributed by atoms with van der Waals surface area (Å²) in [6.45, 7) is 18.8. The number of amides is 3. The number of nitrogens with zero attached hydrogens (tertiary/aromatic N) is 1. The van der Waals surface area contributed by atoms with Crippen molar-refractivity contribution in [1.82, 2.24) is 15.5 Å². The van der Waals surface area contributed by atoms with Crippen LogP contribution in [0.1, 0.15) is 88.0 Å². The Morgan fingerprint density at radius 3 is 2.13 bits per heavy atom. The topological polar surface area (TPSA) is 78.5 Å². The molecular formula is C23H45N3O3S. The normalized spacial score (nSPS) is 23.0. The van der Waals surface area contributed by atoms with Crippen LogP contribution in [-0.4, -0.2) is 56.2 Å². The molecule has 7 heteroatoms. The van der Waals surface area contributed by atoms with Crippen LogP contribution in [0, 0.1) is 11.3 Å². The molecule has 0 aromatic carbocycles. The lowest BCUT2D eigenvalue weighted by molar-refractivity contribution is -0.136. The van der Waals surface area contributed by atoms with Crippen molar-refractivity contribution in [3.63, 3.8) is 0 Å². The monoisotopic (exact) mass is 443 g/mol. The molecule has 1 aliphatic rings. The maximum Gasteiger partial charge on any atom is 0.315 e. The van der Waals surface area contributed by atoms with Crippen molar-refractivity contribution in [3.8, 4) is 0 Å². The van der Waals surface area contributed by atoms with Crippen LogP contribution < -0.4 is 10.6 Å². The highest BCUT2D eigenvalue weighted by Gasteiger charge is 2.40. The summed E-state index contributed by atoms with van der Waals surface area (Å²) in [6, 6.07) is -0.944. The molecule has 0 aliphatic carbocycles. The van der Waals surface area contributed by atoms with E-state index in [1.165, 1.54) is 0 Å². The zero-order chi connectivity index (χ0) is 23.3. The van der Waals surface area contributed by atoms with Crippen molar-refractivity contribution in [2.45, 2.75) is 111 Å². The maximum absolute atomic E-state index is 13.3. The molecule has 6 nitrogen and oxygen atoms in total. The zero-order valence-corrected chi connectivity index (χ0v) is 21.4. The molecule has 0 aromatic heterocycles. The third-order valence-electron chi connectivity index (χ3n) is 5.73. The lowest BCUT2D eigenvalue weighted by Crippen LogP contribution is -2.58. The van der Waals surface area contributed by atoms with Gasteiger partial charge in [-0.2, -0.15) is 0 Å². The fourth-order valence-electron chi connectivity index (χ4n) is 3.86. The number of urea groups is 1. The molecule has 0 aromatic rings. The standard InChI is InChI=1S/C23H45N3O3S/c1-10-11-12-18(15-30(29)23(7,8)9)24-21(28)25-19(22(4,5)6)20(27)26-14-16(2)13-17(26)3/h16-19H,10-15H2,1-9H3,(H2,24,25,28). The van der Waals surface area contributed by atoms with Gasteiger partial charge in [0.2, 0.25) is 5.91 Å². The van der Waals surface area contributed by atoms with Gasteiger partial charge in [-0.15, -0.1) is 0 Å². The van der Waals surface area contributed by atoms with Gasteiger partial charge in [0.25, 0.3) is 0 Å². The second-order valence-electron chi connectivity index (χ2n) is 11.1. The largest absolute Gasteiger partial charge is 0.338 e. The average Bonchev–Trinajstić information content (AvgIpc) is 2.93. The second-order valence-corrected chi connectivity index (χ2v) is 13.3. The van der Waals surface area contributed by atoms with E-state index in [2.05, 4.69) is 31.4 Å². The number of hydrogen-bond donors (Lipinski definition) is 2. The Morgan fingerprint density at radius 1 is 1.10 bits per heavy atom. The highest BCUT2D eigenvalue weighted by Crippen LogP contribution is 2.27.